The third kappa shape index (κ3) is 2.91. The van der Waals surface area contributed by atoms with Crippen LogP contribution in [0.1, 0.15) is 44.1 Å². The molecule has 0 radical (unpaired) electrons. The third-order valence-corrected chi connectivity index (χ3v) is 8.37. The van der Waals surface area contributed by atoms with Crippen LogP contribution in [0, 0.1) is 23.2 Å². The fourth-order valence-corrected chi connectivity index (χ4v) is 7.64. The predicted octanol–water partition coefficient (Wildman–Crippen LogP) is 4.37. The summed E-state index contributed by atoms with van der Waals surface area (Å²) in [5.41, 5.74) is 1.03. The molecule has 4 aliphatic carbocycles. The van der Waals surface area contributed by atoms with Gasteiger partial charge < -0.3 is 4.79 Å². The van der Waals surface area contributed by atoms with Crippen LogP contribution in [0.25, 0.3) is 0 Å². The van der Waals surface area contributed by atoms with E-state index in [4.69, 9.17) is 11.6 Å². The highest BCUT2D eigenvalue weighted by Crippen LogP contribution is 2.61. The van der Waals surface area contributed by atoms with Crippen LogP contribution in [0.5, 0.6) is 0 Å². The maximum absolute atomic E-state index is 13.0. The maximum atomic E-state index is 13.0. The second kappa shape index (κ2) is 6.00. The minimum absolute atomic E-state index is 0.0216. The fourth-order valence-electron chi connectivity index (χ4n) is 5.85. The van der Waals surface area contributed by atoms with Crippen molar-refractivity contribution in [3.05, 3.63) is 34.9 Å². The number of hydrogen-bond acceptors (Lipinski definition) is 2. The first-order valence-corrected chi connectivity index (χ1v) is 10.4. The summed E-state index contributed by atoms with van der Waals surface area (Å²) in [6.45, 7) is 0. The average Bonchev–Trinajstić information content (AvgIpc) is 2.48. The standard InChI is InChI=1S/C19H23ClO2S/c20-17-3-1-13(2-4-17)12-23(22)18(11-21)19-8-14-5-15(9-19)7-16(6-14)10-19/h1-4,11,14-16,18H,5-10,12H2. The molecule has 2 nitrogen and oxygen atoms in total. The lowest BCUT2D eigenvalue weighted by atomic mass is 9.49. The van der Waals surface area contributed by atoms with Crippen LogP contribution in [-0.4, -0.2) is 15.7 Å². The molecule has 0 amide bonds. The molecule has 2 atom stereocenters. The van der Waals surface area contributed by atoms with Gasteiger partial charge in [-0.1, -0.05) is 23.7 Å². The Kier molecular flexibility index (Phi) is 4.13. The number of hydrogen-bond donors (Lipinski definition) is 0. The lowest BCUT2D eigenvalue weighted by Gasteiger charge is -2.58. The number of carbonyl (C=O) groups excluding carboxylic acids is 1. The van der Waals surface area contributed by atoms with E-state index >= 15 is 0 Å². The highest BCUT2D eigenvalue weighted by molar-refractivity contribution is 7.85. The highest BCUT2D eigenvalue weighted by Gasteiger charge is 2.55. The van der Waals surface area contributed by atoms with Crippen LogP contribution in [0.15, 0.2) is 24.3 Å². The van der Waals surface area contributed by atoms with Crippen LogP contribution in [-0.2, 0) is 21.3 Å². The van der Waals surface area contributed by atoms with E-state index in [9.17, 15) is 9.00 Å². The van der Waals surface area contributed by atoms with Gasteiger partial charge in [0, 0.05) is 21.6 Å². The quantitative estimate of drug-likeness (QED) is 0.739. The van der Waals surface area contributed by atoms with E-state index in [0.29, 0.717) is 10.8 Å². The van der Waals surface area contributed by atoms with E-state index in [0.717, 1.165) is 48.9 Å². The molecule has 4 saturated carbocycles. The van der Waals surface area contributed by atoms with Gasteiger partial charge >= 0.3 is 0 Å². The molecule has 23 heavy (non-hydrogen) atoms. The molecule has 2 unspecified atom stereocenters. The van der Waals surface area contributed by atoms with Crippen LogP contribution < -0.4 is 0 Å². The number of carbonyl (C=O) groups is 1. The average molecular weight is 351 g/mol. The van der Waals surface area contributed by atoms with Crippen molar-refractivity contribution >= 4 is 28.7 Å². The van der Waals surface area contributed by atoms with Gasteiger partial charge in [0.05, 0.1) is 5.25 Å². The van der Waals surface area contributed by atoms with Crippen molar-refractivity contribution in [3.8, 4) is 0 Å². The molecule has 0 aromatic heterocycles. The van der Waals surface area contributed by atoms with E-state index in [2.05, 4.69) is 0 Å². The first-order valence-electron chi connectivity index (χ1n) is 8.65. The van der Waals surface area contributed by atoms with Gasteiger partial charge in [0.15, 0.2) is 0 Å². The first kappa shape index (κ1) is 15.8. The lowest BCUT2D eigenvalue weighted by Crippen LogP contribution is -2.53. The summed E-state index contributed by atoms with van der Waals surface area (Å²) in [5, 5.41) is 0.388. The molecule has 4 fully saturated rings. The SMILES string of the molecule is O=CC(S(=O)Cc1ccc(Cl)cc1)C12CC3CC(CC(C3)C1)C2. The normalized spacial score (nSPS) is 37.5. The third-order valence-electron chi connectivity index (χ3n) is 6.32. The van der Waals surface area contributed by atoms with E-state index in [1.165, 1.54) is 19.3 Å². The van der Waals surface area contributed by atoms with Gasteiger partial charge in [0.1, 0.15) is 6.29 Å². The largest absolute Gasteiger partial charge is 0.302 e. The lowest BCUT2D eigenvalue weighted by molar-refractivity contribution is -0.114. The van der Waals surface area contributed by atoms with Crippen molar-refractivity contribution in [2.45, 2.75) is 49.5 Å². The molecular weight excluding hydrogens is 328 g/mol. The Morgan fingerprint density at radius 1 is 1.09 bits per heavy atom. The number of rotatable bonds is 5. The van der Waals surface area contributed by atoms with E-state index in [-0.39, 0.29) is 10.7 Å². The minimum Gasteiger partial charge on any atom is -0.302 e. The molecule has 0 N–H and O–H groups in total. The summed E-state index contributed by atoms with van der Waals surface area (Å²) < 4.78 is 13.0. The summed E-state index contributed by atoms with van der Waals surface area (Å²) in [4.78, 5) is 11.9. The minimum atomic E-state index is -1.14. The van der Waals surface area contributed by atoms with Crippen molar-refractivity contribution in [3.63, 3.8) is 0 Å². The van der Waals surface area contributed by atoms with Gasteiger partial charge in [-0.05, 0) is 79.4 Å². The molecule has 0 aliphatic heterocycles. The van der Waals surface area contributed by atoms with E-state index in [1.54, 1.807) is 0 Å². The molecule has 0 heterocycles. The Balaban J connectivity index is 1.55. The summed E-state index contributed by atoms with van der Waals surface area (Å²) in [6, 6.07) is 7.49. The van der Waals surface area contributed by atoms with E-state index in [1.807, 2.05) is 24.3 Å². The summed E-state index contributed by atoms with van der Waals surface area (Å²) in [6.07, 6.45) is 8.40. The summed E-state index contributed by atoms with van der Waals surface area (Å²) in [5.74, 6) is 2.78. The highest BCUT2D eigenvalue weighted by atomic mass is 35.5. The number of benzene rings is 1. The van der Waals surface area contributed by atoms with Gasteiger partial charge in [-0.25, -0.2) is 0 Å². The molecule has 4 aliphatic rings. The number of aldehydes is 1. The molecule has 0 saturated heterocycles. The van der Waals surface area contributed by atoms with Crippen LogP contribution >= 0.6 is 11.6 Å². The summed E-state index contributed by atoms with van der Waals surface area (Å²) in [7, 11) is -1.14. The Labute approximate surface area is 145 Å². The van der Waals surface area contributed by atoms with Crippen LogP contribution in [0.2, 0.25) is 5.02 Å². The molecule has 0 spiro atoms. The van der Waals surface area contributed by atoms with E-state index < -0.39 is 10.8 Å². The van der Waals surface area contributed by atoms with Crippen LogP contribution in [0.3, 0.4) is 0 Å². The van der Waals surface area contributed by atoms with Gasteiger partial charge in [-0.2, -0.15) is 0 Å². The zero-order chi connectivity index (χ0) is 16.0. The molecule has 4 heteroatoms. The molecule has 5 rings (SSSR count). The van der Waals surface area contributed by atoms with Gasteiger partial charge in [0.2, 0.25) is 0 Å². The zero-order valence-electron chi connectivity index (χ0n) is 13.2. The van der Waals surface area contributed by atoms with Crippen molar-refractivity contribution < 1.29 is 9.00 Å². The topological polar surface area (TPSA) is 34.1 Å². The van der Waals surface area contributed by atoms with Crippen molar-refractivity contribution in [1.29, 1.82) is 0 Å². The van der Waals surface area contributed by atoms with Gasteiger partial charge in [-0.3, -0.25) is 4.21 Å². The van der Waals surface area contributed by atoms with Gasteiger partial charge in [-0.15, -0.1) is 0 Å². The van der Waals surface area contributed by atoms with Crippen molar-refractivity contribution in [1.82, 2.24) is 0 Å². The van der Waals surface area contributed by atoms with Gasteiger partial charge in [0.25, 0.3) is 0 Å². The summed E-state index contributed by atoms with van der Waals surface area (Å²) >= 11 is 5.92. The van der Waals surface area contributed by atoms with Crippen molar-refractivity contribution in [2.75, 3.05) is 0 Å². The molecule has 1 aromatic rings. The maximum Gasteiger partial charge on any atom is 0.136 e. The van der Waals surface area contributed by atoms with Crippen LogP contribution in [0.4, 0.5) is 0 Å². The Morgan fingerprint density at radius 2 is 1.61 bits per heavy atom. The Hall–Kier alpha value is -0.670. The molecule has 124 valence electrons. The van der Waals surface area contributed by atoms with Crippen molar-refractivity contribution in [2.24, 2.45) is 23.2 Å². The second-order valence-electron chi connectivity index (χ2n) is 7.99. The monoisotopic (exact) mass is 350 g/mol. The molecule has 1 aromatic carbocycles. The first-order chi connectivity index (χ1) is 11.1. The zero-order valence-corrected chi connectivity index (χ0v) is 14.8. The second-order valence-corrected chi connectivity index (χ2v) is 9.98. The molecular formula is C19H23ClO2S. The predicted molar refractivity (Wildman–Crippen MR) is 93.8 cm³/mol. The Bertz CT molecular complexity index is 589. The fraction of sp³-hybridized carbons (Fsp3) is 0.632. The smallest absolute Gasteiger partial charge is 0.136 e. The number of halogens is 1. The Morgan fingerprint density at radius 3 is 2.09 bits per heavy atom. The molecule has 4 bridgehead atoms.